The van der Waals surface area contributed by atoms with Crippen LogP contribution in [0.25, 0.3) is 0 Å². The van der Waals surface area contributed by atoms with Crippen molar-refractivity contribution in [3.05, 3.63) is 30.1 Å². The van der Waals surface area contributed by atoms with Gasteiger partial charge >= 0.3 is 6.03 Å². The van der Waals surface area contributed by atoms with Crippen molar-refractivity contribution in [2.75, 3.05) is 18.8 Å². The summed E-state index contributed by atoms with van der Waals surface area (Å²) < 4.78 is 31.4. The highest BCUT2D eigenvalue weighted by molar-refractivity contribution is 7.85. The molecule has 1 aliphatic heterocycles. The van der Waals surface area contributed by atoms with Crippen LogP contribution in [0.1, 0.15) is 18.4 Å². The minimum absolute atomic E-state index is 0.0566. The van der Waals surface area contributed by atoms with E-state index in [1.54, 1.807) is 29.4 Å². The Labute approximate surface area is 112 Å². The van der Waals surface area contributed by atoms with E-state index in [0.717, 1.165) is 31.5 Å². The van der Waals surface area contributed by atoms with E-state index in [1.807, 2.05) is 0 Å². The van der Waals surface area contributed by atoms with E-state index in [-0.39, 0.29) is 18.2 Å². The van der Waals surface area contributed by atoms with Gasteiger partial charge < -0.3 is 0 Å². The normalized spacial score (nSPS) is 15.7. The van der Waals surface area contributed by atoms with Crippen molar-refractivity contribution in [1.29, 1.82) is 0 Å². The molecule has 0 radical (unpaired) electrons. The van der Waals surface area contributed by atoms with Crippen molar-refractivity contribution in [3.63, 3.8) is 0 Å². The van der Waals surface area contributed by atoms with Gasteiger partial charge in [-0.3, -0.25) is 4.55 Å². The van der Waals surface area contributed by atoms with Gasteiger partial charge in [0.15, 0.2) is 0 Å². The molecule has 0 saturated carbocycles. The van der Waals surface area contributed by atoms with Crippen molar-refractivity contribution in [3.8, 4) is 0 Å². The molecule has 19 heavy (non-hydrogen) atoms. The Kier molecular flexibility index (Phi) is 4.16. The van der Waals surface area contributed by atoms with Gasteiger partial charge in [-0.2, -0.15) is 17.8 Å². The smallest absolute Gasteiger partial charge is 0.286 e. The Morgan fingerprint density at radius 3 is 2.37 bits per heavy atom. The van der Waals surface area contributed by atoms with Crippen LogP contribution in [0.4, 0.5) is 4.79 Å². The van der Waals surface area contributed by atoms with Gasteiger partial charge in [-0.15, -0.1) is 0 Å². The number of hydrogen-bond donors (Lipinski definition) is 1. The minimum atomic E-state index is -3.94. The molecule has 0 unspecified atom stereocenters. The molecule has 1 fully saturated rings. The van der Waals surface area contributed by atoms with Crippen LogP contribution in [-0.4, -0.2) is 42.7 Å². The minimum Gasteiger partial charge on any atom is -0.286 e. The maximum absolute atomic E-state index is 12.0. The molecule has 0 aliphatic carbocycles. The predicted molar refractivity (Wildman–Crippen MR) is 68.4 cm³/mol. The topological polar surface area (TPSA) is 78.6 Å². The largest absolute Gasteiger partial charge is 0.497 e. The fraction of sp³-hybridized carbons (Fsp3) is 0.500. The standard InChI is InChI=1S/C12H16N2O4S/c15-12(13-6-1-2-7-13)14-8-3-11(4-9-14)5-10-19(16,17)18/h3-4,8-9H,1-2,5-7,10H2/p+1. The van der Waals surface area contributed by atoms with E-state index in [9.17, 15) is 13.2 Å². The number of rotatable bonds is 3. The molecule has 1 aliphatic rings. The lowest BCUT2D eigenvalue weighted by Gasteiger charge is -2.07. The molecule has 1 N–H and O–H groups in total. The molecule has 1 amide bonds. The van der Waals surface area contributed by atoms with Crippen LogP contribution >= 0.6 is 0 Å². The van der Waals surface area contributed by atoms with Crippen LogP contribution < -0.4 is 4.57 Å². The zero-order chi connectivity index (χ0) is 13.9. The summed E-state index contributed by atoms with van der Waals surface area (Å²) in [5.41, 5.74) is 0.767. The Balaban J connectivity index is 1.99. The number of carbonyl (C=O) groups is 1. The van der Waals surface area contributed by atoms with Crippen molar-refractivity contribution in [1.82, 2.24) is 4.90 Å². The molecule has 1 aromatic heterocycles. The molecule has 0 spiro atoms. The van der Waals surface area contributed by atoms with Crippen LogP contribution in [0.2, 0.25) is 0 Å². The average Bonchev–Trinajstić information content (AvgIpc) is 2.89. The molecule has 6 nitrogen and oxygen atoms in total. The summed E-state index contributed by atoms with van der Waals surface area (Å²) in [4.78, 5) is 13.8. The second kappa shape index (κ2) is 5.66. The van der Waals surface area contributed by atoms with E-state index >= 15 is 0 Å². The highest BCUT2D eigenvalue weighted by atomic mass is 32.2. The first-order chi connectivity index (χ1) is 8.96. The maximum atomic E-state index is 12.0. The summed E-state index contributed by atoms with van der Waals surface area (Å²) >= 11 is 0. The Morgan fingerprint density at radius 2 is 1.84 bits per heavy atom. The predicted octanol–water partition coefficient (Wildman–Crippen LogP) is 0.468. The summed E-state index contributed by atoms with van der Waals surface area (Å²) in [7, 11) is -3.94. The zero-order valence-electron chi connectivity index (χ0n) is 10.5. The second-order valence-corrected chi connectivity index (χ2v) is 6.20. The Bertz CT molecular complexity index is 548. The van der Waals surface area contributed by atoms with Gasteiger partial charge in [0.2, 0.25) is 0 Å². The summed E-state index contributed by atoms with van der Waals surface area (Å²) in [6.45, 7) is 1.58. The molecular formula is C12H17N2O4S+. The molecule has 2 heterocycles. The highest BCUT2D eigenvalue weighted by Crippen LogP contribution is 2.07. The Hall–Kier alpha value is -1.47. The first-order valence-electron chi connectivity index (χ1n) is 6.20. The number of amides is 1. The molecular weight excluding hydrogens is 268 g/mol. The second-order valence-electron chi connectivity index (χ2n) is 4.63. The van der Waals surface area contributed by atoms with Crippen LogP contribution in [0.3, 0.4) is 0 Å². The molecule has 2 rings (SSSR count). The SMILES string of the molecule is O=C(N1CCCC1)[n+]1ccc(CCS(=O)(=O)O)cc1. The first-order valence-corrected chi connectivity index (χ1v) is 7.81. The van der Waals surface area contributed by atoms with Crippen molar-refractivity contribution >= 4 is 16.1 Å². The van der Waals surface area contributed by atoms with Gasteiger partial charge in [-0.1, -0.05) is 0 Å². The van der Waals surface area contributed by atoms with Crippen LogP contribution in [0.5, 0.6) is 0 Å². The molecule has 0 atom stereocenters. The van der Waals surface area contributed by atoms with Gasteiger partial charge in [0, 0.05) is 0 Å². The molecule has 1 saturated heterocycles. The van der Waals surface area contributed by atoms with Crippen molar-refractivity contribution < 1.29 is 22.3 Å². The number of aryl methyl sites for hydroxylation is 1. The van der Waals surface area contributed by atoms with Crippen LogP contribution in [0, 0.1) is 0 Å². The lowest BCUT2D eigenvalue weighted by atomic mass is 10.2. The molecule has 104 valence electrons. The third-order valence-electron chi connectivity index (χ3n) is 3.14. The van der Waals surface area contributed by atoms with Crippen LogP contribution in [-0.2, 0) is 16.5 Å². The number of nitrogens with zero attached hydrogens (tertiary/aromatic N) is 2. The molecule has 7 heteroatoms. The van der Waals surface area contributed by atoms with Crippen molar-refractivity contribution in [2.24, 2.45) is 0 Å². The van der Waals surface area contributed by atoms with Gasteiger partial charge in [0.05, 0.1) is 31.2 Å². The number of aromatic nitrogens is 1. The summed E-state index contributed by atoms with van der Waals surface area (Å²) in [6, 6.07) is 3.33. The van der Waals surface area contributed by atoms with Gasteiger partial charge in [-0.25, -0.2) is 4.90 Å². The number of pyridine rings is 1. The van der Waals surface area contributed by atoms with Gasteiger partial charge in [0.25, 0.3) is 10.1 Å². The number of hydrogen-bond acceptors (Lipinski definition) is 3. The lowest BCUT2D eigenvalue weighted by Crippen LogP contribution is -2.50. The molecule has 0 bridgehead atoms. The third kappa shape index (κ3) is 4.00. The van der Waals surface area contributed by atoms with Crippen LogP contribution in [0.15, 0.2) is 24.5 Å². The average molecular weight is 285 g/mol. The fourth-order valence-electron chi connectivity index (χ4n) is 2.07. The fourth-order valence-corrected chi connectivity index (χ4v) is 2.56. The summed E-state index contributed by atoms with van der Waals surface area (Å²) in [5, 5.41) is 0. The first kappa shape index (κ1) is 14.0. The summed E-state index contributed by atoms with van der Waals surface area (Å²) in [5.74, 6) is -0.308. The number of carbonyl (C=O) groups excluding carboxylic acids is 1. The van der Waals surface area contributed by atoms with Gasteiger partial charge in [0.1, 0.15) is 0 Å². The Morgan fingerprint density at radius 1 is 1.26 bits per heavy atom. The van der Waals surface area contributed by atoms with E-state index < -0.39 is 10.1 Å². The maximum Gasteiger partial charge on any atom is 0.497 e. The van der Waals surface area contributed by atoms with E-state index in [4.69, 9.17) is 4.55 Å². The highest BCUT2D eigenvalue weighted by Gasteiger charge is 2.27. The summed E-state index contributed by atoms with van der Waals surface area (Å²) in [6.07, 6.45) is 5.56. The van der Waals surface area contributed by atoms with E-state index in [2.05, 4.69) is 0 Å². The monoisotopic (exact) mass is 285 g/mol. The molecule has 0 aromatic carbocycles. The van der Waals surface area contributed by atoms with E-state index in [0.29, 0.717) is 0 Å². The number of likely N-dealkylation sites (tertiary alicyclic amines) is 1. The molecule has 1 aromatic rings. The van der Waals surface area contributed by atoms with Crippen molar-refractivity contribution in [2.45, 2.75) is 19.3 Å². The lowest BCUT2D eigenvalue weighted by molar-refractivity contribution is -0.578. The third-order valence-corrected chi connectivity index (χ3v) is 3.86. The quantitative estimate of drug-likeness (QED) is 0.647. The van der Waals surface area contributed by atoms with E-state index in [1.165, 1.54) is 4.57 Å². The zero-order valence-corrected chi connectivity index (χ0v) is 11.3. The van der Waals surface area contributed by atoms with Gasteiger partial charge in [-0.05, 0) is 37.0 Å².